The lowest BCUT2D eigenvalue weighted by atomic mass is 10.1. The van der Waals surface area contributed by atoms with Crippen molar-refractivity contribution >= 4 is 27.7 Å². The van der Waals surface area contributed by atoms with Crippen LogP contribution in [0.15, 0.2) is 47.9 Å². The molecule has 138 valence electrons. The SMILES string of the molecule is Cc1ccc(/C=C/S(=O)(=O)NCCC(=O)Nc2ccc(C)cc2C)cc1. The molecule has 2 aromatic rings. The maximum absolute atomic E-state index is 12.0. The number of aryl methyl sites for hydroxylation is 3. The van der Waals surface area contributed by atoms with Crippen molar-refractivity contribution in [2.45, 2.75) is 27.2 Å². The van der Waals surface area contributed by atoms with Crippen molar-refractivity contribution in [3.8, 4) is 0 Å². The van der Waals surface area contributed by atoms with Gasteiger partial charge in [-0.15, -0.1) is 0 Å². The van der Waals surface area contributed by atoms with Gasteiger partial charge in [-0.3, -0.25) is 4.79 Å². The van der Waals surface area contributed by atoms with Crippen LogP contribution in [-0.4, -0.2) is 20.9 Å². The van der Waals surface area contributed by atoms with Crippen LogP contribution in [-0.2, 0) is 14.8 Å². The Bertz CT molecular complexity index is 901. The van der Waals surface area contributed by atoms with E-state index in [0.717, 1.165) is 33.3 Å². The summed E-state index contributed by atoms with van der Waals surface area (Å²) in [4.78, 5) is 12.0. The summed E-state index contributed by atoms with van der Waals surface area (Å²) in [7, 11) is -3.58. The quantitative estimate of drug-likeness (QED) is 0.781. The fourth-order valence-corrected chi connectivity index (χ4v) is 3.19. The number of benzene rings is 2. The first-order valence-electron chi connectivity index (χ1n) is 8.37. The van der Waals surface area contributed by atoms with Gasteiger partial charge in [0, 0.05) is 24.1 Å². The smallest absolute Gasteiger partial charge is 0.233 e. The molecule has 0 atom stereocenters. The van der Waals surface area contributed by atoms with Crippen molar-refractivity contribution in [2.24, 2.45) is 0 Å². The molecule has 0 spiro atoms. The normalized spacial score (nSPS) is 11.7. The Hall–Kier alpha value is -2.44. The molecule has 0 heterocycles. The number of hydrogen-bond acceptors (Lipinski definition) is 3. The molecule has 1 amide bonds. The van der Waals surface area contributed by atoms with Crippen LogP contribution in [0.3, 0.4) is 0 Å². The van der Waals surface area contributed by atoms with Crippen molar-refractivity contribution in [1.29, 1.82) is 0 Å². The third kappa shape index (κ3) is 6.46. The van der Waals surface area contributed by atoms with E-state index >= 15 is 0 Å². The Morgan fingerprint density at radius 3 is 2.31 bits per heavy atom. The minimum absolute atomic E-state index is 0.0390. The summed E-state index contributed by atoms with van der Waals surface area (Å²) in [6.45, 7) is 5.91. The Labute approximate surface area is 155 Å². The second-order valence-corrected chi connectivity index (χ2v) is 7.92. The molecule has 0 aromatic heterocycles. The summed E-state index contributed by atoms with van der Waals surface area (Å²) in [6.07, 6.45) is 1.59. The molecule has 2 N–H and O–H groups in total. The number of rotatable bonds is 7. The molecule has 2 aromatic carbocycles. The molecule has 0 unspecified atom stereocenters. The van der Waals surface area contributed by atoms with Crippen LogP contribution >= 0.6 is 0 Å². The summed E-state index contributed by atoms with van der Waals surface area (Å²) in [5.74, 6) is -0.234. The van der Waals surface area contributed by atoms with Gasteiger partial charge in [0.2, 0.25) is 15.9 Å². The first-order chi connectivity index (χ1) is 12.2. The van der Waals surface area contributed by atoms with E-state index < -0.39 is 10.0 Å². The summed E-state index contributed by atoms with van der Waals surface area (Å²) in [6, 6.07) is 13.3. The average Bonchev–Trinajstić information content (AvgIpc) is 2.57. The predicted octanol–water partition coefficient (Wildman–Crippen LogP) is 3.53. The second kappa shape index (κ2) is 8.78. The maximum Gasteiger partial charge on any atom is 0.233 e. The summed E-state index contributed by atoms with van der Waals surface area (Å²) in [5.41, 5.74) is 4.74. The van der Waals surface area contributed by atoms with Crippen LogP contribution < -0.4 is 10.0 Å². The van der Waals surface area contributed by atoms with Gasteiger partial charge in [0.05, 0.1) is 0 Å². The fraction of sp³-hybridized carbons (Fsp3) is 0.250. The van der Waals surface area contributed by atoms with Gasteiger partial charge in [0.25, 0.3) is 0 Å². The van der Waals surface area contributed by atoms with E-state index in [1.807, 2.05) is 63.2 Å². The molecule has 5 nitrogen and oxygen atoms in total. The van der Waals surface area contributed by atoms with E-state index in [0.29, 0.717) is 0 Å². The highest BCUT2D eigenvalue weighted by Gasteiger charge is 2.08. The average molecular weight is 372 g/mol. The Kier molecular flexibility index (Phi) is 6.71. The van der Waals surface area contributed by atoms with Gasteiger partial charge in [-0.2, -0.15) is 0 Å². The molecule has 6 heteroatoms. The largest absolute Gasteiger partial charge is 0.326 e. The van der Waals surface area contributed by atoms with Gasteiger partial charge in [-0.25, -0.2) is 13.1 Å². The van der Waals surface area contributed by atoms with Crippen LogP contribution in [0.4, 0.5) is 5.69 Å². The molecule has 0 radical (unpaired) electrons. The summed E-state index contributed by atoms with van der Waals surface area (Å²) >= 11 is 0. The van der Waals surface area contributed by atoms with Crippen LogP contribution in [0, 0.1) is 20.8 Å². The zero-order valence-corrected chi connectivity index (χ0v) is 16.1. The van der Waals surface area contributed by atoms with Crippen molar-refractivity contribution in [3.63, 3.8) is 0 Å². The van der Waals surface area contributed by atoms with Crippen LogP contribution in [0.5, 0.6) is 0 Å². The number of anilines is 1. The minimum Gasteiger partial charge on any atom is -0.326 e. The molecule has 0 aliphatic carbocycles. The van der Waals surface area contributed by atoms with E-state index in [1.165, 1.54) is 6.08 Å². The van der Waals surface area contributed by atoms with Crippen LogP contribution in [0.25, 0.3) is 6.08 Å². The number of amides is 1. The number of hydrogen-bond donors (Lipinski definition) is 2. The van der Waals surface area contributed by atoms with E-state index in [4.69, 9.17) is 0 Å². The monoisotopic (exact) mass is 372 g/mol. The van der Waals surface area contributed by atoms with E-state index in [2.05, 4.69) is 10.0 Å². The highest BCUT2D eigenvalue weighted by atomic mass is 32.2. The maximum atomic E-state index is 12.0. The lowest BCUT2D eigenvalue weighted by Gasteiger charge is -2.09. The second-order valence-electron chi connectivity index (χ2n) is 6.27. The van der Waals surface area contributed by atoms with Crippen molar-refractivity contribution in [3.05, 3.63) is 70.1 Å². The lowest BCUT2D eigenvalue weighted by Crippen LogP contribution is -2.26. The highest BCUT2D eigenvalue weighted by molar-refractivity contribution is 7.92. The third-order valence-corrected chi connectivity index (χ3v) is 4.93. The van der Waals surface area contributed by atoms with E-state index in [1.54, 1.807) is 0 Å². The number of carbonyl (C=O) groups is 1. The van der Waals surface area contributed by atoms with Crippen LogP contribution in [0.2, 0.25) is 0 Å². The van der Waals surface area contributed by atoms with Crippen LogP contribution in [0.1, 0.15) is 28.7 Å². The van der Waals surface area contributed by atoms with Gasteiger partial charge >= 0.3 is 0 Å². The highest BCUT2D eigenvalue weighted by Crippen LogP contribution is 2.16. The van der Waals surface area contributed by atoms with E-state index in [9.17, 15) is 13.2 Å². The molecule has 0 aliphatic heterocycles. The zero-order chi connectivity index (χ0) is 19.2. The lowest BCUT2D eigenvalue weighted by molar-refractivity contribution is -0.116. The molecule has 0 saturated carbocycles. The van der Waals surface area contributed by atoms with Gasteiger partial charge in [0.1, 0.15) is 0 Å². The number of nitrogens with one attached hydrogen (secondary N) is 2. The predicted molar refractivity (Wildman–Crippen MR) is 106 cm³/mol. The van der Waals surface area contributed by atoms with E-state index in [-0.39, 0.29) is 18.9 Å². The molecule has 2 rings (SSSR count). The Morgan fingerprint density at radius 2 is 1.65 bits per heavy atom. The summed E-state index contributed by atoms with van der Waals surface area (Å²) < 4.78 is 26.4. The van der Waals surface area contributed by atoms with Crippen molar-refractivity contribution in [2.75, 3.05) is 11.9 Å². The first-order valence-corrected chi connectivity index (χ1v) is 9.91. The Balaban J connectivity index is 1.83. The Morgan fingerprint density at radius 1 is 1.00 bits per heavy atom. The molecular weight excluding hydrogens is 348 g/mol. The molecule has 26 heavy (non-hydrogen) atoms. The summed E-state index contributed by atoms with van der Waals surface area (Å²) in [5, 5.41) is 3.91. The van der Waals surface area contributed by atoms with Gasteiger partial charge < -0.3 is 5.32 Å². The molecule has 0 aliphatic rings. The molecular formula is C20H24N2O3S. The molecule has 0 saturated heterocycles. The number of sulfonamides is 1. The first kappa shape index (κ1) is 19.9. The number of carbonyl (C=O) groups excluding carboxylic acids is 1. The van der Waals surface area contributed by atoms with Crippen molar-refractivity contribution in [1.82, 2.24) is 4.72 Å². The van der Waals surface area contributed by atoms with Gasteiger partial charge in [-0.1, -0.05) is 47.5 Å². The zero-order valence-electron chi connectivity index (χ0n) is 15.2. The minimum atomic E-state index is -3.58. The molecule has 0 bridgehead atoms. The molecule has 0 fully saturated rings. The van der Waals surface area contributed by atoms with Crippen molar-refractivity contribution < 1.29 is 13.2 Å². The third-order valence-electron chi connectivity index (χ3n) is 3.83. The topological polar surface area (TPSA) is 75.3 Å². The standard InChI is InChI=1S/C20H24N2O3S/c1-15-4-7-18(8-5-15)11-13-26(24,25)21-12-10-20(23)22-19-9-6-16(2)14-17(19)3/h4-9,11,13-14,21H,10,12H2,1-3H3,(H,22,23)/b13-11+. The van der Waals surface area contributed by atoms with Gasteiger partial charge in [-0.05, 0) is 44.0 Å². The van der Waals surface area contributed by atoms with Gasteiger partial charge in [0.15, 0.2) is 0 Å². The fourth-order valence-electron chi connectivity index (χ4n) is 2.37.